The summed E-state index contributed by atoms with van der Waals surface area (Å²) in [5.41, 5.74) is 6.42. The maximum atomic E-state index is 13.3. The van der Waals surface area contributed by atoms with Crippen LogP contribution < -0.4 is 10.6 Å². The summed E-state index contributed by atoms with van der Waals surface area (Å²) in [4.78, 5) is 26.4. The summed E-state index contributed by atoms with van der Waals surface area (Å²) in [5.74, 6) is -0.231. The second-order valence-corrected chi connectivity index (χ2v) is 8.75. The van der Waals surface area contributed by atoms with Crippen molar-refractivity contribution in [2.75, 3.05) is 5.32 Å². The molecule has 5 rings (SSSR count). The van der Waals surface area contributed by atoms with Gasteiger partial charge in [0, 0.05) is 24.1 Å². The number of aromatic nitrogens is 2. The fourth-order valence-corrected chi connectivity index (χ4v) is 4.74. The fraction of sp³-hybridized carbons (Fsp3) is 0.179. The Hall–Kier alpha value is -4.19. The average molecular weight is 451 g/mol. The Morgan fingerprint density at radius 3 is 2.35 bits per heavy atom. The van der Waals surface area contributed by atoms with E-state index in [0.29, 0.717) is 11.4 Å². The van der Waals surface area contributed by atoms with Crippen LogP contribution >= 0.6 is 0 Å². The number of rotatable bonds is 4. The molecule has 2 N–H and O–H groups in total. The average Bonchev–Trinajstić information content (AvgIpc) is 3.12. The fourth-order valence-electron chi connectivity index (χ4n) is 4.74. The maximum Gasteiger partial charge on any atom is 0.251 e. The molecule has 2 amide bonds. The van der Waals surface area contributed by atoms with Crippen LogP contribution in [-0.4, -0.2) is 27.6 Å². The van der Waals surface area contributed by atoms with Crippen LogP contribution in [0.5, 0.6) is 0 Å². The smallest absolute Gasteiger partial charge is 0.251 e. The predicted octanol–water partition coefficient (Wildman–Crippen LogP) is 4.59. The number of hydrogen-bond acceptors (Lipinski definition) is 3. The molecule has 0 radical (unpaired) electrons. The monoisotopic (exact) mass is 450 g/mol. The van der Waals surface area contributed by atoms with Gasteiger partial charge in [-0.25, -0.2) is 0 Å². The quantitative estimate of drug-likeness (QED) is 0.478. The van der Waals surface area contributed by atoms with E-state index in [4.69, 9.17) is 0 Å². The summed E-state index contributed by atoms with van der Waals surface area (Å²) in [7, 11) is 1.81. The second-order valence-electron chi connectivity index (χ2n) is 8.75. The van der Waals surface area contributed by atoms with Crippen molar-refractivity contribution in [1.29, 1.82) is 0 Å². The molecule has 4 aromatic rings. The number of benzene rings is 3. The molecule has 1 aliphatic rings. The van der Waals surface area contributed by atoms with Gasteiger partial charge < -0.3 is 10.6 Å². The van der Waals surface area contributed by atoms with Crippen molar-refractivity contribution in [2.24, 2.45) is 7.05 Å². The third-order valence-electron chi connectivity index (χ3n) is 6.38. The van der Waals surface area contributed by atoms with E-state index in [2.05, 4.69) is 40.0 Å². The molecule has 170 valence electrons. The van der Waals surface area contributed by atoms with Crippen LogP contribution in [0.2, 0.25) is 0 Å². The molecule has 1 aliphatic heterocycles. The molecule has 0 bridgehead atoms. The zero-order valence-corrected chi connectivity index (χ0v) is 19.4. The molecule has 0 unspecified atom stereocenters. The first-order valence-electron chi connectivity index (χ1n) is 11.3. The van der Waals surface area contributed by atoms with Crippen LogP contribution in [0.4, 0.5) is 5.82 Å². The lowest BCUT2D eigenvalue weighted by atomic mass is 9.81. The normalized spacial score (nSPS) is 17.1. The molecule has 0 saturated carbocycles. The Morgan fingerprint density at radius 2 is 1.65 bits per heavy atom. The molecular formula is C28H26N4O2. The number of carbonyl (C=O) groups excluding carboxylic acids is 2. The Labute approximate surface area is 198 Å². The standard InChI is InChI=1S/C28H26N4O2/c1-17-8-7-11-22(16-17)27(33)29-25-24(23-18(2)31-32(3)26(23)30-28(25)34)21-14-12-20(13-15-21)19-9-5-4-6-10-19/h4-16,24-25H,1-3H3,(H,29,33)(H,30,34)/t24-,25+/m0/s1. The predicted molar refractivity (Wildman–Crippen MR) is 133 cm³/mol. The van der Waals surface area contributed by atoms with Crippen molar-refractivity contribution < 1.29 is 9.59 Å². The highest BCUT2D eigenvalue weighted by Gasteiger charge is 2.41. The molecule has 0 spiro atoms. The lowest BCUT2D eigenvalue weighted by Gasteiger charge is -2.32. The molecule has 0 aliphatic carbocycles. The van der Waals surface area contributed by atoms with Gasteiger partial charge in [-0.3, -0.25) is 14.3 Å². The molecule has 6 heteroatoms. The Kier molecular flexibility index (Phi) is 5.49. The van der Waals surface area contributed by atoms with Crippen molar-refractivity contribution in [2.45, 2.75) is 25.8 Å². The lowest BCUT2D eigenvalue weighted by Crippen LogP contribution is -2.50. The number of anilines is 1. The van der Waals surface area contributed by atoms with E-state index in [-0.39, 0.29) is 17.7 Å². The van der Waals surface area contributed by atoms with Crippen molar-refractivity contribution in [3.05, 3.63) is 107 Å². The lowest BCUT2D eigenvalue weighted by molar-refractivity contribution is -0.118. The maximum absolute atomic E-state index is 13.3. The first kappa shape index (κ1) is 21.6. The molecule has 2 atom stereocenters. The zero-order chi connectivity index (χ0) is 23.8. The van der Waals surface area contributed by atoms with Crippen molar-refractivity contribution in [3.63, 3.8) is 0 Å². The van der Waals surface area contributed by atoms with E-state index in [1.165, 1.54) is 0 Å². The number of hydrogen-bond donors (Lipinski definition) is 2. The van der Waals surface area contributed by atoms with Gasteiger partial charge >= 0.3 is 0 Å². The molecule has 3 aromatic carbocycles. The van der Waals surface area contributed by atoms with E-state index in [1.807, 2.05) is 69.4 Å². The first-order valence-corrected chi connectivity index (χ1v) is 11.3. The third-order valence-corrected chi connectivity index (χ3v) is 6.38. The summed E-state index contributed by atoms with van der Waals surface area (Å²) in [6.07, 6.45) is 0. The number of carbonyl (C=O) groups is 2. The van der Waals surface area contributed by atoms with E-state index >= 15 is 0 Å². The zero-order valence-electron chi connectivity index (χ0n) is 19.4. The minimum Gasteiger partial charge on any atom is -0.339 e. The van der Waals surface area contributed by atoms with E-state index in [0.717, 1.165) is 33.5 Å². The summed E-state index contributed by atoms with van der Waals surface area (Å²) in [6.45, 7) is 3.87. The summed E-state index contributed by atoms with van der Waals surface area (Å²) in [6, 6.07) is 24.9. The van der Waals surface area contributed by atoms with Crippen molar-refractivity contribution in [1.82, 2.24) is 15.1 Å². The number of aryl methyl sites for hydroxylation is 3. The summed E-state index contributed by atoms with van der Waals surface area (Å²) < 4.78 is 1.69. The molecule has 0 saturated heterocycles. The van der Waals surface area contributed by atoms with Crippen molar-refractivity contribution >= 4 is 17.6 Å². The van der Waals surface area contributed by atoms with Crippen LogP contribution in [0, 0.1) is 13.8 Å². The molecule has 1 aromatic heterocycles. The Balaban J connectivity index is 1.55. The highest BCUT2D eigenvalue weighted by atomic mass is 16.2. The molecule has 0 fully saturated rings. The highest BCUT2D eigenvalue weighted by molar-refractivity contribution is 6.04. The highest BCUT2D eigenvalue weighted by Crippen LogP contribution is 2.39. The first-order chi connectivity index (χ1) is 16.4. The van der Waals surface area contributed by atoms with Crippen molar-refractivity contribution in [3.8, 4) is 11.1 Å². The Morgan fingerprint density at radius 1 is 0.941 bits per heavy atom. The Bertz CT molecular complexity index is 1370. The molecule has 2 heterocycles. The summed E-state index contributed by atoms with van der Waals surface area (Å²) in [5, 5.41) is 10.5. The molecule has 6 nitrogen and oxygen atoms in total. The topological polar surface area (TPSA) is 76.0 Å². The molecule has 34 heavy (non-hydrogen) atoms. The number of nitrogens with zero attached hydrogens (tertiary/aromatic N) is 2. The van der Waals surface area contributed by atoms with Crippen LogP contribution in [0.25, 0.3) is 11.1 Å². The van der Waals surface area contributed by atoms with Gasteiger partial charge in [-0.1, -0.05) is 72.3 Å². The summed E-state index contributed by atoms with van der Waals surface area (Å²) >= 11 is 0. The van der Waals surface area contributed by atoms with Gasteiger partial charge in [-0.05, 0) is 42.7 Å². The van der Waals surface area contributed by atoms with E-state index in [1.54, 1.807) is 10.7 Å². The number of amides is 2. The van der Waals surface area contributed by atoms with Gasteiger partial charge in [0.25, 0.3) is 5.91 Å². The van der Waals surface area contributed by atoms with Gasteiger partial charge in [0.2, 0.25) is 5.91 Å². The van der Waals surface area contributed by atoms with Gasteiger partial charge in [0.1, 0.15) is 11.9 Å². The van der Waals surface area contributed by atoms with Crippen LogP contribution in [0.1, 0.15) is 38.7 Å². The third kappa shape index (κ3) is 3.88. The van der Waals surface area contributed by atoms with Gasteiger partial charge in [0.15, 0.2) is 0 Å². The minimum absolute atomic E-state index is 0.256. The van der Waals surface area contributed by atoms with Crippen LogP contribution in [0.15, 0.2) is 78.9 Å². The van der Waals surface area contributed by atoms with Gasteiger partial charge in [-0.15, -0.1) is 0 Å². The minimum atomic E-state index is -0.772. The number of nitrogens with one attached hydrogen (secondary N) is 2. The number of fused-ring (bicyclic) bond motifs is 1. The second kappa shape index (κ2) is 8.63. The SMILES string of the molecule is Cc1cccc(C(=O)N[C@H]2C(=O)Nc3c(c(C)nn3C)[C@@H]2c2ccc(-c3ccccc3)cc2)c1. The largest absolute Gasteiger partial charge is 0.339 e. The van der Waals surface area contributed by atoms with Crippen LogP contribution in [-0.2, 0) is 11.8 Å². The van der Waals surface area contributed by atoms with Crippen LogP contribution in [0.3, 0.4) is 0 Å². The van der Waals surface area contributed by atoms with E-state index < -0.39 is 6.04 Å². The van der Waals surface area contributed by atoms with Gasteiger partial charge in [-0.2, -0.15) is 5.10 Å². The van der Waals surface area contributed by atoms with Gasteiger partial charge in [0.05, 0.1) is 5.69 Å². The van der Waals surface area contributed by atoms with E-state index in [9.17, 15) is 9.59 Å². The molecular weight excluding hydrogens is 424 g/mol.